The first kappa shape index (κ1) is 30.0. The molecule has 0 aliphatic heterocycles. The number of aromatic nitrogens is 2. The first-order chi connectivity index (χ1) is 26.1. The van der Waals surface area contributed by atoms with Gasteiger partial charge in [0.15, 0.2) is 0 Å². The highest BCUT2D eigenvalue weighted by atomic mass is 15.0. The van der Waals surface area contributed by atoms with E-state index >= 15 is 0 Å². The minimum atomic E-state index is -0.0249. The van der Waals surface area contributed by atoms with Crippen LogP contribution in [0.1, 0.15) is 25.0 Å². The molecule has 2 nitrogen and oxygen atoms in total. The molecule has 0 saturated heterocycles. The van der Waals surface area contributed by atoms with Gasteiger partial charge in [0.25, 0.3) is 0 Å². The maximum Gasteiger partial charge on any atom is 0.0549 e. The van der Waals surface area contributed by atoms with Crippen molar-refractivity contribution < 1.29 is 0 Å². The van der Waals surface area contributed by atoms with Crippen LogP contribution in [0.2, 0.25) is 0 Å². The molecule has 11 rings (SSSR count). The highest BCUT2D eigenvalue weighted by molar-refractivity contribution is 6.29. The third-order valence-corrected chi connectivity index (χ3v) is 11.7. The zero-order chi connectivity index (χ0) is 35.3. The molecule has 0 N–H and O–H groups in total. The standard InChI is InChI=1S/C51H36N2/c1-51(2)42-20-10-6-17-38(42)39-29-26-35(32-43(39)51)33-24-27-36(28-25-33)52-45-22-12-8-18-40(45)49-47(52)30-31-48-50(49)41-19-9-13-23-46(41)53(48)44-21-11-7-16-37(44)34-14-4-3-5-15-34/h3-32H,1-2H3. The Morgan fingerprint density at radius 3 is 1.64 bits per heavy atom. The lowest BCUT2D eigenvalue weighted by Crippen LogP contribution is -2.14. The molecule has 0 amide bonds. The van der Waals surface area contributed by atoms with Crippen molar-refractivity contribution in [1.29, 1.82) is 0 Å². The fourth-order valence-electron chi connectivity index (χ4n) is 9.27. The molecule has 10 aromatic rings. The molecule has 0 bridgehead atoms. The lowest BCUT2D eigenvalue weighted by atomic mass is 9.81. The number of nitrogens with zero attached hydrogens (tertiary/aromatic N) is 2. The summed E-state index contributed by atoms with van der Waals surface area (Å²) in [6, 6.07) is 67.0. The second-order valence-corrected chi connectivity index (χ2v) is 14.9. The fraction of sp³-hybridized carbons (Fsp3) is 0.0588. The molecule has 1 aliphatic carbocycles. The van der Waals surface area contributed by atoms with Crippen LogP contribution in [0.25, 0.3) is 88.4 Å². The average molecular weight is 677 g/mol. The average Bonchev–Trinajstić information content (AvgIpc) is 3.81. The summed E-state index contributed by atoms with van der Waals surface area (Å²) in [5, 5.41) is 5.09. The van der Waals surface area contributed by atoms with Crippen molar-refractivity contribution in [2.75, 3.05) is 0 Å². The second kappa shape index (κ2) is 11.2. The van der Waals surface area contributed by atoms with Crippen LogP contribution in [-0.4, -0.2) is 9.13 Å². The van der Waals surface area contributed by atoms with Gasteiger partial charge in [0.05, 0.1) is 27.8 Å². The van der Waals surface area contributed by atoms with Crippen LogP contribution in [0.3, 0.4) is 0 Å². The van der Waals surface area contributed by atoms with E-state index in [9.17, 15) is 0 Å². The van der Waals surface area contributed by atoms with Gasteiger partial charge in [-0.25, -0.2) is 0 Å². The topological polar surface area (TPSA) is 9.86 Å². The first-order valence-corrected chi connectivity index (χ1v) is 18.5. The molecule has 250 valence electrons. The molecule has 0 spiro atoms. The predicted octanol–water partition coefficient (Wildman–Crippen LogP) is 13.5. The van der Waals surface area contributed by atoms with E-state index in [1.807, 2.05) is 0 Å². The maximum atomic E-state index is 2.46. The van der Waals surface area contributed by atoms with E-state index in [1.165, 1.54) is 93.8 Å². The highest BCUT2D eigenvalue weighted by Crippen LogP contribution is 2.50. The lowest BCUT2D eigenvalue weighted by Gasteiger charge is -2.22. The van der Waals surface area contributed by atoms with E-state index in [-0.39, 0.29) is 5.41 Å². The highest BCUT2D eigenvalue weighted by Gasteiger charge is 2.35. The van der Waals surface area contributed by atoms with Gasteiger partial charge >= 0.3 is 0 Å². The quantitative estimate of drug-likeness (QED) is 0.176. The third kappa shape index (κ3) is 4.27. The van der Waals surface area contributed by atoms with Crippen LogP contribution in [0.5, 0.6) is 0 Å². The second-order valence-electron chi connectivity index (χ2n) is 14.9. The molecule has 8 aromatic carbocycles. The van der Waals surface area contributed by atoms with Crippen molar-refractivity contribution >= 4 is 43.6 Å². The minimum Gasteiger partial charge on any atom is -0.309 e. The zero-order valence-corrected chi connectivity index (χ0v) is 29.7. The van der Waals surface area contributed by atoms with Crippen molar-refractivity contribution in [3.05, 3.63) is 193 Å². The van der Waals surface area contributed by atoms with Crippen molar-refractivity contribution in [3.63, 3.8) is 0 Å². The maximum absolute atomic E-state index is 2.46. The summed E-state index contributed by atoms with van der Waals surface area (Å²) in [6.07, 6.45) is 0. The van der Waals surface area contributed by atoms with Crippen LogP contribution >= 0.6 is 0 Å². The molecule has 0 unspecified atom stereocenters. The van der Waals surface area contributed by atoms with Gasteiger partial charge in [-0.05, 0) is 87.5 Å². The van der Waals surface area contributed by atoms with E-state index in [0.29, 0.717) is 0 Å². The molecule has 2 aromatic heterocycles. The van der Waals surface area contributed by atoms with Gasteiger partial charge in [-0.2, -0.15) is 0 Å². The first-order valence-electron chi connectivity index (χ1n) is 18.5. The van der Waals surface area contributed by atoms with E-state index in [4.69, 9.17) is 0 Å². The van der Waals surface area contributed by atoms with Crippen LogP contribution in [-0.2, 0) is 5.41 Å². The van der Waals surface area contributed by atoms with Crippen molar-refractivity contribution in [3.8, 4) is 44.8 Å². The Morgan fingerprint density at radius 1 is 0.358 bits per heavy atom. The zero-order valence-electron chi connectivity index (χ0n) is 29.7. The third-order valence-electron chi connectivity index (χ3n) is 11.7. The summed E-state index contributed by atoms with van der Waals surface area (Å²) >= 11 is 0. The Kier molecular flexibility index (Phi) is 6.33. The van der Waals surface area contributed by atoms with E-state index < -0.39 is 0 Å². The molecular formula is C51H36N2. The summed E-state index contributed by atoms with van der Waals surface area (Å²) < 4.78 is 4.91. The predicted molar refractivity (Wildman–Crippen MR) is 224 cm³/mol. The Bertz CT molecular complexity index is 3060. The summed E-state index contributed by atoms with van der Waals surface area (Å²) in [7, 11) is 0. The van der Waals surface area contributed by atoms with Crippen LogP contribution in [0.15, 0.2) is 182 Å². The molecule has 0 radical (unpaired) electrons. The van der Waals surface area contributed by atoms with Crippen molar-refractivity contribution in [2.24, 2.45) is 0 Å². The van der Waals surface area contributed by atoms with Crippen molar-refractivity contribution in [1.82, 2.24) is 9.13 Å². The fourth-order valence-corrected chi connectivity index (χ4v) is 9.27. The molecule has 1 aliphatic rings. The lowest BCUT2D eigenvalue weighted by molar-refractivity contribution is 0.660. The summed E-state index contributed by atoms with van der Waals surface area (Å²) in [5.74, 6) is 0. The minimum absolute atomic E-state index is 0.0249. The molecule has 0 fully saturated rings. The Hall–Kier alpha value is -6.64. The summed E-state index contributed by atoms with van der Waals surface area (Å²) in [5.41, 5.74) is 17.6. The van der Waals surface area contributed by atoms with Gasteiger partial charge in [0, 0.05) is 38.2 Å². The Balaban J connectivity index is 1.10. The van der Waals surface area contributed by atoms with Crippen molar-refractivity contribution in [2.45, 2.75) is 19.3 Å². The molecular weight excluding hydrogens is 641 g/mol. The normalized spacial score (nSPS) is 13.2. The van der Waals surface area contributed by atoms with E-state index in [2.05, 4.69) is 205 Å². The van der Waals surface area contributed by atoms with Crippen LogP contribution in [0, 0.1) is 0 Å². The Morgan fingerprint density at radius 2 is 0.906 bits per heavy atom. The van der Waals surface area contributed by atoms with Crippen LogP contribution in [0.4, 0.5) is 0 Å². The number of fused-ring (bicyclic) bond motifs is 10. The smallest absolute Gasteiger partial charge is 0.0549 e. The van der Waals surface area contributed by atoms with Gasteiger partial charge < -0.3 is 9.13 Å². The van der Waals surface area contributed by atoms with Gasteiger partial charge in [-0.15, -0.1) is 0 Å². The largest absolute Gasteiger partial charge is 0.309 e. The Labute approximate surface area is 308 Å². The number of hydrogen-bond acceptors (Lipinski definition) is 0. The van der Waals surface area contributed by atoms with Crippen LogP contribution < -0.4 is 0 Å². The van der Waals surface area contributed by atoms with E-state index in [1.54, 1.807) is 0 Å². The molecule has 0 saturated carbocycles. The number of rotatable bonds is 4. The SMILES string of the molecule is CC1(C)c2ccccc2-c2ccc(-c3ccc(-n4c5ccccc5c5c6c7ccccc7n(-c7ccccc7-c7ccccc7)c6ccc54)cc3)cc21. The number of para-hydroxylation sites is 3. The van der Waals surface area contributed by atoms with Gasteiger partial charge in [-0.1, -0.05) is 147 Å². The van der Waals surface area contributed by atoms with Gasteiger partial charge in [0.2, 0.25) is 0 Å². The monoisotopic (exact) mass is 676 g/mol. The number of hydrogen-bond donors (Lipinski definition) is 0. The van der Waals surface area contributed by atoms with E-state index in [0.717, 1.165) is 5.69 Å². The molecule has 53 heavy (non-hydrogen) atoms. The summed E-state index contributed by atoms with van der Waals surface area (Å²) in [4.78, 5) is 0. The van der Waals surface area contributed by atoms with Gasteiger partial charge in [0.1, 0.15) is 0 Å². The molecule has 0 atom stereocenters. The molecule has 2 heterocycles. The number of benzene rings is 8. The van der Waals surface area contributed by atoms with Gasteiger partial charge in [-0.3, -0.25) is 0 Å². The summed E-state index contributed by atoms with van der Waals surface area (Å²) in [6.45, 7) is 4.70. The molecule has 2 heteroatoms.